The van der Waals surface area contributed by atoms with Crippen LogP contribution in [0.25, 0.3) is 11.1 Å². The van der Waals surface area contributed by atoms with Crippen LogP contribution in [0.1, 0.15) is 40.5 Å². The predicted molar refractivity (Wildman–Crippen MR) is 131 cm³/mol. The number of nitrogens with zero attached hydrogens (tertiary/aromatic N) is 2. The van der Waals surface area contributed by atoms with E-state index in [1.807, 2.05) is 6.92 Å². The Hall–Kier alpha value is -3.97. The molecule has 0 bridgehead atoms. The molecule has 1 heterocycles. The Morgan fingerprint density at radius 3 is 2.51 bits per heavy atom. The van der Waals surface area contributed by atoms with Gasteiger partial charge in [0.1, 0.15) is 5.56 Å². The van der Waals surface area contributed by atoms with E-state index in [9.17, 15) is 22.6 Å². The Morgan fingerprint density at radius 1 is 1.23 bits per heavy atom. The number of aryl methyl sites for hydroxylation is 1. The van der Waals surface area contributed by atoms with Gasteiger partial charge in [-0.25, -0.2) is 17.7 Å². The molecular weight excluding hydrogens is 474 g/mol. The molecule has 10 heteroatoms. The summed E-state index contributed by atoms with van der Waals surface area (Å²) in [6, 6.07) is 11.9. The van der Waals surface area contributed by atoms with Gasteiger partial charge in [0.15, 0.2) is 6.19 Å². The molecule has 0 spiro atoms. The maximum Gasteiger partial charge on any atom is 0.263 e. The summed E-state index contributed by atoms with van der Waals surface area (Å²) in [5, 5.41) is 11.4. The highest BCUT2D eigenvalue weighted by Gasteiger charge is 2.20. The van der Waals surface area contributed by atoms with Crippen molar-refractivity contribution in [3.05, 3.63) is 87.3 Å². The highest BCUT2D eigenvalue weighted by Crippen LogP contribution is 2.26. The quantitative estimate of drug-likeness (QED) is 0.280. The van der Waals surface area contributed by atoms with Crippen molar-refractivity contribution in [1.82, 2.24) is 14.6 Å². The van der Waals surface area contributed by atoms with E-state index < -0.39 is 27.5 Å². The SMILES string of the molecule is C=S(=O)(NC#N)c1ccc(CNC(=O)c2cn(CC)c(C)c(-c3cccc(C(F)F)c3)c2=O)cc1. The molecule has 0 saturated carbocycles. The van der Waals surface area contributed by atoms with Crippen molar-refractivity contribution < 1.29 is 17.8 Å². The molecule has 0 radical (unpaired) electrons. The molecule has 35 heavy (non-hydrogen) atoms. The first-order valence-corrected chi connectivity index (χ1v) is 12.3. The van der Waals surface area contributed by atoms with Crippen molar-refractivity contribution in [2.45, 2.75) is 38.3 Å². The summed E-state index contributed by atoms with van der Waals surface area (Å²) in [4.78, 5) is 26.5. The van der Waals surface area contributed by atoms with Crippen LogP contribution >= 0.6 is 0 Å². The molecule has 0 aliphatic rings. The molecule has 3 aromatic rings. The number of nitrogens with one attached hydrogen (secondary N) is 2. The molecule has 1 unspecified atom stereocenters. The normalized spacial score (nSPS) is 12.6. The van der Waals surface area contributed by atoms with E-state index >= 15 is 0 Å². The van der Waals surface area contributed by atoms with Crippen LogP contribution in [0.15, 0.2) is 64.4 Å². The van der Waals surface area contributed by atoms with E-state index in [0.717, 1.165) is 0 Å². The van der Waals surface area contributed by atoms with Crippen LogP contribution in [0, 0.1) is 18.4 Å². The summed E-state index contributed by atoms with van der Waals surface area (Å²) >= 11 is 0. The zero-order chi connectivity index (χ0) is 25.8. The van der Waals surface area contributed by atoms with Crippen LogP contribution in [0.2, 0.25) is 0 Å². The standard InChI is InChI=1S/C25H24F2N4O3S/c1-4-31-14-21(23(32)22(16(31)2)18-6-5-7-19(12-18)24(26)27)25(33)29-13-17-8-10-20(11-9-17)35(3,34)30-15-28/h5-12,14,24H,3-4,13H2,1-2H3,(H,29,33)(H,30,34). The van der Waals surface area contributed by atoms with Crippen LogP contribution in [0.3, 0.4) is 0 Å². The van der Waals surface area contributed by atoms with Crippen molar-refractivity contribution in [2.75, 3.05) is 0 Å². The molecule has 0 saturated heterocycles. The summed E-state index contributed by atoms with van der Waals surface area (Å²) < 4.78 is 42.6. The van der Waals surface area contributed by atoms with Crippen LogP contribution in [0.4, 0.5) is 8.78 Å². The van der Waals surface area contributed by atoms with E-state index in [0.29, 0.717) is 28.3 Å². The number of amides is 1. The molecule has 3 rings (SSSR count). The lowest BCUT2D eigenvalue weighted by atomic mass is 9.99. The van der Waals surface area contributed by atoms with Gasteiger partial charge >= 0.3 is 0 Å². The highest BCUT2D eigenvalue weighted by molar-refractivity contribution is 7.98. The van der Waals surface area contributed by atoms with Gasteiger partial charge in [-0.2, -0.15) is 5.26 Å². The molecule has 0 aliphatic heterocycles. The van der Waals surface area contributed by atoms with Gasteiger partial charge in [-0.1, -0.05) is 30.3 Å². The number of pyridine rings is 1. The monoisotopic (exact) mass is 498 g/mol. The van der Waals surface area contributed by atoms with Crippen molar-refractivity contribution >= 4 is 21.5 Å². The minimum atomic E-state index is -2.95. The molecule has 0 aliphatic carbocycles. The van der Waals surface area contributed by atoms with Crippen LogP contribution in [0.5, 0.6) is 0 Å². The number of nitriles is 1. The lowest BCUT2D eigenvalue weighted by molar-refractivity contribution is 0.0949. The Morgan fingerprint density at radius 2 is 1.91 bits per heavy atom. The molecular formula is C25H24F2N4O3S. The van der Waals surface area contributed by atoms with Crippen molar-refractivity contribution in [3.8, 4) is 17.3 Å². The number of alkyl halides is 2. The Kier molecular flexibility index (Phi) is 7.71. The van der Waals surface area contributed by atoms with E-state index in [1.54, 1.807) is 35.9 Å². The topological polar surface area (TPSA) is 104 Å². The third kappa shape index (κ3) is 5.58. The van der Waals surface area contributed by atoms with Crippen molar-refractivity contribution in [3.63, 3.8) is 0 Å². The Labute approximate surface area is 202 Å². The number of benzene rings is 2. The van der Waals surface area contributed by atoms with Gasteiger partial charge in [0, 0.05) is 36.1 Å². The van der Waals surface area contributed by atoms with E-state index in [2.05, 4.69) is 15.9 Å². The average molecular weight is 499 g/mol. The average Bonchev–Trinajstić information content (AvgIpc) is 2.83. The van der Waals surface area contributed by atoms with E-state index in [-0.39, 0.29) is 23.2 Å². The number of aromatic nitrogens is 1. The van der Waals surface area contributed by atoms with Gasteiger partial charge in [0.25, 0.3) is 12.3 Å². The second-order valence-corrected chi connectivity index (χ2v) is 9.79. The summed E-state index contributed by atoms with van der Waals surface area (Å²) in [6.45, 7) is 4.11. The number of hydrogen-bond acceptors (Lipinski definition) is 4. The van der Waals surface area contributed by atoms with Gasteiger partial charge < -0.3 is 9.88 Å². The smallest absolute Gasteiger partial charge is 0.263 e. The molecule has 0 fully saturated rings. The summed E-state index contributed by atoms with van der Waals surface area (Å²) in [6.07, 6.45) is 0.383. The maximum absolute atomic E-state index is 13.3. The first-order chi connectivity index (χ1) is 16.6. The third-order valence-electron chi connectivity index (χ3n) is 5.53. The Bertz CT molecular complexity index is 1460. The van der Waals surface area contributed by atoms with Crippen LogP contribution < -0.4 is 15.5 Å². The Balaban J connectivity index is 1.91. The predicted octanol–water partition coefficient (Wildman–Crippen LogP) is 3.77. The number of halogens is 2. The van der Waals surface area contributed by atoms with Gasteiger partial charge in [-0.15, -0.1) is 0 Å². The first-order valence-electron chi connectivity index (χ1n) is 10.6. The highest BCUT2D eigenvalue weighted by atomic mass is 32.2. The fraction of sp³-hybridized carbons (Fsp3) is 0.200. The number of carbonyl (C=O) groups is 1. The number of carbonyl (C=O) groups excluding carboxylic acids is 1. The van der Waals surface area contributed by atoms with Crippen LogP contribution in [-0.2, 0) is 22.8 Å². The summed E-state index contributed by atoms with van der Waals surface area (Å²) in [7, 11) is -2.95. The van der Waals surface area contributed by atoms with Gasteiger partial charge in [0.2, 0.25) is 5.43 Å². The molecule has 2 aromatic carbocycles. The minimum absolute atomic E-state index is 0.0821. The van der Waals surface area contributed by atoms with Gasteiger partial charge in [-0.05, 0) is 49.0 Å². The van der Waals surface area contributed by atoms with E-state index in [4.69, 9.17) is 5.26 Å². The number of rotatable bonds is 8. The maximum atomic E-state index is 13.3. The lowest BCUT2D eigenvalue weighted by Crippen LogP contribution is -2.31. The molecule has 7 nitrogen and oxygen atoms in total. The fourth-order valence-corrected chi connectivity index (χ4v) is 4.49. The fourth-order valence-electron chi connectivity index (χ4n) is 3.65. The van der Waals surface area contributed by atoms with Crippen molar-refractivity contribution in [2.24, 2.45) is 0 Å². The largest absolute Gasteiger partial charge is 0.350 e. The van der Waals surface area contributed by atoms with Gasteiger partial charge in [-0.3, -0.25) is 9.59 Å². The summed E-state index contributed by atoms with van der Waals surface area (Å²) in [5.74, 6) is 2.89. The minimum Gasteiger partial charge on any atom is -0.350 e. The lowest BCUT2D eigenvalue weighted by Gasteiger charge is -2.16. The van der Waals surface area contributed by atoms with Crippen molar-refractivity contribution in [1.29, 1.82) is 5.26 Å². The second kappa shape index (κ2) is 10.5. The van der Waals surface area contributed by atoms with Crippen LogP contribution in [-0.4, -0.2) is 20.6 Å². The molecule has 1 atom stereocenters. The molecule has 1 amide bonds. The summed E-state index contributed by atoms with van der Waals surface area (Å²) in [5.41, 5.74) is 0.887. The third-order valence-corrected chi connectivity index (χ3v) is 6.98. The zero-order valence-corrected chi connectivity index (χ0v) is 20.0. The molecule has 182 valence electrons. The van der Waals surface area contributed by atoms with Gasteiger partial charge in [0.05, 0.1) is 14.6 Å². The zero-order valence-electron chi connectivity index (χ0n) is 19.2. The number of hydrogen-bond donors (Lipinski definition) is 2. The molecule has 2 N–H and O–H groups in total. The first kappa shape index (κ1) is 25.6. The second-order valence-electron chi connectivity index (χ2n) is 7.76. The van der Waals surface area contributed by atoms with E-state index in [1.165, 1.54) is 36.5 Å². The molecule has 1 aromatic heterocycles.